The molecule has 0 saturated carbocycles. The fourth-order valence-electron chi connectivity index (χ4n) is 2.60. The molecule has 0 fully saturated rings. The smallest absolute Gasteiger partial charge is 0.243 e. The number of nitrogens with one attached hydrogen (secondary N) is 2. The van der Waals surface area contributed by atoms with Crippen LogP contribution in [0.3, 0.4) is 0 Å². The SMILES string of the molecule is CCCNC(=NCC(=O)N(C)C)NC(C)C1COc2ccccc21.I. The highest BCUT2D eigenvalue weighted by Gasteiger charge is 2.29. The summed E-state index contributed by atoms with van der Waals surface area (Å²) in [6, 6.07) is 8.28. The summed E-state index contributed by atoms with van der Waals surface area (Å²) in [7, 11) is 3.47. The Bertz CT molecular complexity index is 592. The van der Waals surface area contributed by atoms with E-state index in [1.807, 2.05) is 18.2 Å². The van der Waals surface area contributed by atoms with Gasteiger partial charge < -0.3 is 20.3 Å². The number of rotatable bonds is 6. The fourth-order valence-corrected chi connectivity index (χ4v) is 2.60. The van der Waals surface area contributed by atoms with Gasteiger partial charge in [-0.15, -0.1) is 24.0 Å². The van der Waals surface area contributed by atoms with E-state index >= 15 is 0 Å². The van der Waals surface area contributed by atoms with Crippen molar-refractivity contribution >= 4 is 35.8 Å². The molecule has 1 heterocycles. The topological polar surface area (TPSA) is 66.0 Å². The molecule has 1 aliphatic rings. The molecule has 1 aliphatic heterocycles. The average molecular weight is 460 g/mol. The van der Waals surface area contributed by atoms with Crippen LogP contribution in [-0.2, 0) is 4.79 Å². The summed E-state index contributed by atoms with van der Waals surface area (Å²) in [6.45, 7) is 5.82. The molecule has 2 atom stereocenters. The van der Waals surface area contributed by atoms with E-state index in [0.29, 0.717) is 12.6 Å². The van der Waals surface area contributed by atoms with Gasteiger partial charge in [0.05, 0.1) is 6.61 Å². The predicted molar refractivity (Wildman–Crippen MR) is 112 cm³/mol. The van der Waals surface area contributed by atoms with Crippen molar-refractivity contribution in [2.24, 2.45) is 4.99 Å². The predicted octanol–water partition coefficient (Wildman–Crippen LogP) is 2.20. The van der Waals surface area contributed by atoms with Gasteiger partial charge in [0.2, 0.25) is 5.91 Å². The van der Waals surface area contributed by atoms with E-state index in [-0.39, 0.29) is 48.4 Å². The van der Waals surface area contributed by atoms with Gasteiger partial charge in [-0.3, -0.25) is 4.79 Å². The standard InChI is InChI=1S/C18H28N4O2.HI/c1-5-10-19-18(20-11-17(23)22(3)4)21-13(2)15-12-24-16-9-7-6-8-14(15)16;/h6-9,13,15H,5,10-12H2,1-4H3,(H2,19,20,21);1H. The molecule has 7 heteroatoms. The third kappa shape index (κ3) is 6.05. The molecule has 0 spiro atoms. The Morgan fingerprint density at radius 1 is 1.40 bits per heavy atom. The molecule has 0 radical (unpaired) electrons. The minimum atomic E-state index is -0.0187. The number of para-hydroxylation sites is 1. The minimum Gasteiger partial charge on any atom is -0.493 e. The molecule has 140 valence electrons. The first-order valence-corrected chi connectivity index (χ1v) is 8.49. The van der Waals surface area contributed by atoms with Gasteiger partial charge in [0.25, 0.3) is 0 Å². The molecule has 25 heavy (non-hydrogen) atoms. The number of ether oxygens (including phenoxy) is 1. The van der Waals surface area contributed by atoms with E-state index in [0.717, 1.165) is 18.7 Å². The van der Waals surface area contributed by atoms with Crippen LogP contribution in [-0.4, -0.2) is 56.6 Å². The lowest BCUT2D eigenvalue weighted by molar-refractivity contribution is -0.127. The van der Waals surface area contributed by atoms with Crippen molar-refractivity contribution in [3.05, 3.63) is 29.8 Å². The Morgan fingerprint density at radius 3 is 2.80 bits per heavy atom. The third-order valence-corrected chi connectivity index (χ3v) is 4.12. The number of benzene rings is 1. The maximum Gasteiger partial charge on any atom is 0.243 e. The lowest BCUT2D eigenvalue weighted by Crippen LogP contribution is -2.45. The normalized spacial score (nSPS) is 17.0. The fraction of sp³-hybridized carbons (Fsp3) is 0.556. The summed E-state index contributed by atoms with van der Waals surface area (Å²) >= 11 is 0. The van der Waals surface area contributed by atoms with Crippen molar-refractivity contribution in [2.75, 3.05) is 33.8 Å². The van der Waals surface area contributed by atoms with E-state index in [4.69, 9.17) is 4.74 Å². The van der Waals surface area contributed by atoms with Crippen LogP contribution in [0.25, 0.3) is 0 Å². The van der Waals surface area contributed by atoms with Crippen LogP contribution < -0.4 is 15.4 Å². The quantitative estimate of drug-likeness (QED) is 0.388. The van der Waals surface area contributed by atoms with Crippen molar-refractivity contribution in [1.29, 1.82) is 0 Å². The van der Waals surface area contributed by atoms with E-state index in [1.165, 1.54) is 5.56 Å². The second-order valence-corrected chi connectivity index (χ2v) is 6.27. The highest BCUT2D eigenvalue weighted by atomic mass is 127. The van der Waals surface area contributed by atoms with Crippen LogP contribution in [0.15, 0.2) is 29.3 Å². The molecule has 2 rings (SSSR count). The van der Waals surface area contributed by atoms with Crippen LogP contribution in [0, 0.1) is 0 Å². The maximum absolute atomic E-state index is 11.8. The van der Waals surface area contributed by atoms with Gasteiger partial charge in [-0.25, -0.2) is 4.99 Å². The van der Waals surface area contributed by atoms with Crippen LogP contribution in [0.2, 0.25) is 0 Å². The first-order valence-electron chi connectivity index (χ1n) is 8.49. The Labute approximate surface area is 167 Å². The molecular formula is C18H29IN4O2. The van der Waals surface area contributed by atoms with Gasteiger partial charge in [-0.1, -0.05) is 25.1 Å². The van der Waals surface area contributed by atoms with E-state index in [1.54, 1.807) is 19.0 Å². The van der Waals surface area contributed by atoms with Gasteiger partial charge >= 0.3 is 0 Å². The Hall–Kier alpha value is -1.51. The monoisotopic (exact) mass is 460 g/mol. The zero-order chi connectivity index (χ0) is 17.5. The number of aliphatic imine (C=N–C) groups is 1. The molecule has 0 bridgehead atoms. The molecular weight excluding hydrogens is 431 g/mol. The number of hydrogen-bond donors (Lipinski definition) is 2. The van der Waals surface area contributed by atoms with Crippen LogP contribution in [0.5, 0.6) is 5.75 Å². The van der Waals surface area contributed by atoms with E-state index in [2.05, 4.69) is 35.5 Å². The number of nitrogens with zero attached hydrogens (tertiary/aromatic N) is 2. The second-order valence-electron chi connectivity index (χ2n) is 6.27. The highest BCUT2D eigenvalue weighted by molar-refractivity contribution is 14.0. The van der Waals surface area contributed by atoms with Gasteiger partial charge in [0, 0.05) is 38.2 Å². The van der Waals surface area contributed by atoms with Crippen molar-refractivity contribution in [3.8, 4) is 5.75 Å². The number of guanidine groups is 1. The van der Waals surface area contributed by atoms with Gasteiger partial charge in [-0.05, 0) is 19.4 Å². The number of fused-ring (bicyclic) bond motifs is 1. The Kier molecular flexibility index (Phi) is 9.02. The van der Waals surface area contributed by atoms with Crippen LogP contribution >= 0.6 is 24.0 Å². The molecule has 1 amide bonds. The van der Waals surface area contributed by atoms with Gasteiger partial charge in [0.15, 0.2) is 5.96 Å². The average Bonchev–Trinajstić information content (AvgIpc) is 3.00. The lowest BCUT2D eigenvalue weighted by Gasteiger charge is -2.23. The largest absolute Gasteiger partial charge is 0.493 e. The second kappa shape index (κ2) is 10.5. The number of amides is 1. The highest BCUT2D eigenvalue weighted by Crippen LogP contribution is 2.35. The number of carbonyl (C=O) groups excluding carboxylic acids is 1. The molecule has 1 aromatic carbocycles. The lowest BCUT2D eigenvalue weighted by atomic mass is 9.94. The molecule has 0 aliphatic carbocycles. The van der Waals surface area contributed by atoms with E-state index in [9.17, 15) is 4.79 Å². The maximum atomic E-state index is 11.8. The summed E-state index contributed by atoms with van der Waals surface area (Å²) < 4.78 is 5.76. The summed E-state index contributed by atoms with van der Waals surface area (Å²) in [5, 5.41) is 6.69. The molecule has 2 N–H and O–H groups in total. The van der Waals surface area contributed by atoms with Crippen LogP contribution in [0.1, 0.15) is 31.7 Å². The zero-order valence-corrected chi connectivity index (χ0v) is 17.7. The summed E-state index contributed by atoms with van der Waals surface area (Å²) in [4.78, 5) is 17.7. The zero-order valence-electron chi connectivity index (χ0n) is 15.4. The third-order valence-electron chi connectivity index (χ3n) is 4.12. The minimum absolute atomic E-state index is 0. The molecule has 0 saturated heterocycles. The van der Waals surface area contributed by atoms with Crippen molar-refractivity contribution < 1.29 is 9.53 Å². The Morgan fingerprint density at radius 2 is 2.12 bits per heavy atom. The molecule has 2 unspecified atom stereocenters. The first-order chi connectivity index (χ1) is 11.5. The first kappa shape index (κ1) is 21.5. The van der Waals surface area contributed by atoms with Crippen molar-refractivity contribution in [1.82, 2.24) is 15.5 Å². The van der Waals surface area contributed by atoms with Crippen molar-refractivity contribution in [3.63, 3.8) is 0 Å². The number of hydrogen-bond acceptors (Lipinski definition) is 3. The van der Waals surface area contributed by atoms with Crippen LogP contribution in [0.4, 0.5) is 0 Å². The molecule has 6 nitrogen and oxygen atoms in total. The van der Waals surface area contributed by atoms with E-state index < -0.39 is 0 Å². The summed E-state index contributed by atoms with van der Waals surface area (Å²) in [5.41, 5.74) is 1.22. The summed E-state index contributed by atoms with van der Waals surface area (Å²) in [6.07, 6.45) is 0.992. The summed E-state index contributed by atoms with van der Waals surface area (Å²) in [5.74, 6) is 1.87. The molecule has 1 aromatic rings. The molecule has 0 aromatic heterocycles. The van der Waals surface area contributed by atoms with Gasteiger partial charge in [0.1, 0.15) is 12.3 Å². The number of halogens is 1. The van der Waals surface area contributed by atoms with Crippen molar-refractivity contribution in [2.45, 2.75) is 32.2 Å². The number of likely N-dealkylation sites (N-methyl/N-ethyl adjacent to an activating group) is 1. The van der Waals surface area contributed by atoms with Gasteiger partial charge in [-0.2, -0.15) is 0 Å². The number of carbonyl (C=O) groups is 1. The Balaban J connectivity index is 0.00000312.